The van der Waals surface area contributed by atoms with E-state index in [1.165, 1.54) is 56.7 Å². The lowest BCUT2D eigenvalue weighted by Crippen LogP contribution is -2.57. The molecule has 2 atom stereocenters. The highest BCUT2D eigenvalue weighted by Crippen LogP contribution is 2.40. The van der Waals surface area contributed by atoms with E-state index in [-0.39, 0.29) is 0 Å². The highest BCUT2D eigenvalue weighted by Gasteiger charge is 2.40. The van der Waals surface area contributed by atoms with Gasteiger partial charge in [0.1, 0.15) is 0 Å². The standard InChI is InChI=1S/C15H30N2S/c1-13(2)14-5-3-6-15(11-14,12-16)17-7-4-9-18-10-8-17/h13-14H,3-12,16H2,1-2H3. The molecule has 3 heteroatoms. The van der Waals surface area contributed by atoms with E-state index in [0.29, 0.717) is 5.54 Å². The first-order chi connectivity index (χ1) is 8.68. The number of nitrogens with two attached hydrogens (primary N) is 1. The van der Waals surface area contributed by atoms with E-state index in [9.17, 15) is 0 Å². The minimum atomic E-state index is 0.331. The molecule has 2 fully saturated rings. The summed E-state index contributed by atoms with van der Waals surface area (Å²) in [6.07, 6.45) is 6.81. The van der Waals surface area contributed by atoms with E-state index in [4.69, 9.17) is 5.73 Å². The summed E-state index contributed by atoms with van der Waals surface area (Å²) in [5.41, 5.74) is 6.57. The van der Waals surface area contributed by atoms with Crippen molar-refractivity contribution >= 4 is 11.8 Å². The Balaban J connectivity index is 2.07. The molecule has 0 radical (unpaired) electrons. The average molecular weight is 270 g/mol. The Labute approximate surface area is 117 Å². The molecule has 0 aromatic carbocycles. The quantitative estimate of drug-likeness (QED) is 0.855. The number of hydrogen-bond donors (Lipinski definition) is 1. The molecule has 18 heavy (non-hydrogen) atoms. The average Bonchev–Trinajstić information content (AvgIpc) is 2.68. The van der Waals surface area contributed by atoms with Gasteiger partial charge in [0.05, 0.1) is 0 Å². The van der Waals surface area contributed by atoms with Gasteiger partial charge >= 0.3 is 0 Å². The van der Waals surface area contributed by atoms with Crippen LogP contribution in [0.1, 0.15) is 46.0 Å². The van der Waals surface area contributed by atoms with Gasteiger partial charge in [-0.05, 0) is 43.4 Å². The fourth-order valence-electron chi connectivity index (χ4n) is 3.78. The van der Waals surface area contributed by atoms with E-state index in [0.717, 1.165) is 18.4 Å². The van der Waals surface area contributed by atoms with Crippen LogP contribution in [0.25, 0.3) is 0 Å². The van der Waals surface area contributed by atoms with Crippen molar-refractivity contribution in [2.75, 3.05) is 31.1 Å². The van der Waals surface area contributed by atoms with E-state index in [2.05, 4.69) is 30.5 Å². The van der Waals surface area contributed by atoms with Crippen molar-refractivity contribution in [3.05, 3.63) is 0 Å². The maximum absolute atomic E-state index is 6.23. The molecule has 0 spiro atoms. The maximum Gasteiger partial charge on any atom is 0.0334 e. The summed E-state index contributed by atoms with van der Waals surface area (Å²) in [5.74, 6) is 4.34. The monoisotopic (exact) mass is 270 g/mol. The first kappa shape index (κ1) is 14.7. The van der Waals surface area contributed by atoms with Crippen LogP contribution in [-0.2, 0) is 0 Å². The third-order valence-corrected chi connectivity index (χ3v) is 6.12. The molecule has 2 nitrogen and oxygen atoms in total. The molecule has 2 rings (SSSR count). The number of hydrogen-bond acceptors (Lipinski definition) is 3. The fourth-order valence-corrected chi connectivity index (χ4v) is 4.66. The lowest BCUT2D eigenvalue weighted by molar-refractivity contribution is 0.0311. The van der Waals surface area contributed by atoms with Crippen molar-refractivity contribution in [3.8, 4) is 0 Å². The van der Waals surface area contributed by atoms with Crippen molar-refractivity contribution in [3.63, 3.8) is 0 Å². The van der Waals surface area contributed by atoms with Gasteiger partial charge in [0.15, 0.2) is 0 Å². The van der Waals surface area contributed by atoms with Gasteiger partial charge < -0.3 is 5.73 Å². The summed E-state index contributed by atoms with van der Waals surface area (Å²) in [5, 5.41) is 0. The van der Waals surface area contributed by atoms with Gasteiger partial charge in [-0.2, -0.15) is 11.8 Å². The molecule has 0 aromatic heterocycles. The molecule has 1 aliphatic heterocycles. The van der Waals surface area contributed by atoms with Crippen LogP contribution in [0.3, 0.4) is 0 Å². The van der Waals surface area contributed by atoms with Crippen LogP contribution in [0.15, 0.2) is 0 Å². The van der Waals surface area contributed by atoms with Crippen molar-refractivity contribution in [2.45, 2.75) is 51.5 Å². The van der Waals surface area contributed by atoms with Gasteiger partial charge in [-0.1, -0.05) is 26.7 Å². The molecular formula is C15H30N2S. The van der Waals surface area contributed by atoms with Gasteiger partial charge in [0.2, 0.25) is 0 Å². The van der Waals surface area contributed by atoms with Crippen molar-refractivity contribution in [1.82, 2.24) is 4.90 Å². The van der Waals surface area contributed by atoms with Crippen LogP contribution < -0.4 is 5.73 Å². The number of nitrogens with zero attached hydrogens (tertiary/aromatic N) is 1. The molecule has 1 heterocycles. The summed E-state index contributed by atoms with van der Waals surface area (Å²) < 4.78 is 0. The van der Waals surface area contributed by atoms with Gasteiger partial charge in [-0.15, -0.1) is 0 Å². The van der Waals surface area contributed by atoms with Crippen LogP contribution >= 0.6 is 11.8 Å². The topological polar surface area (TPSA) is 29.3 Å². The van der Waals surface area contributed by atoms with Gasteiger partial charge in [-0.25, -0.2) is 0 Å². The molecule has 2 unspecified atom stereocenters. The van der Waals surface area contributed by atoms with Crippen LogP contribution in [-0.4, -0.2) is 41.6 Å². The predicted molar refractivity (Wildman–Crippen MR) is 82.1 cm³/mol. The van der Waals surface area contributed by atoms with Crippen LogP contribution in [0.5, 0.6) is 0 Å². The minimum Gasteiger partial charge on any atom is -0.329 e. The van der Waals surface area contributed by atoms with E-state index in [1.807, 2.05) is 0 Å². The fraction of sp³-hybridized carbons (Fsp3) is 1.00. The normalized spacial score (nSPS) is 35.7. The van der Waals surface area contributed by atoms with Crippen LogP contribution in [0.2, 0.25) is 0 Å². The summed E-state index contributed by atoms with van der Waals surface area (Å²) in [6.45, 7) is 8.16. The second-order valence-corrected chi connectivity index (χ2v) is 7.71. The highest BCUT2D eigenvalue weighted by atomic mass is 32.2. The Morgan fingerprint density at radius 2 is 2.11 bits per heavy atom. The van der Waals surface area contributed by atoms with Crippen molar-refractivity contribution in [2.24, 2.45) is 17.6 Å². The van der Waals surface area contributed by atoms with E-state index >= 15 is 0 Å². The van der Waals surface area contributed by atoms with Crippen molar-refractivity contribution in [1.29, 1.82) is 0 Å². The zero-order valence-corrected chi connectivity index (χ0v) is 13.0. The SMILES string of the molecule is CC(C)C1CCCC(CN)(N2CCCSCC2)C1. The third kappa shape index (κ3) is 3.23. The number of rotatable bonds is 3. The van der Waals surface area contributed by atoms with Gasteiger partial charge in [-0.3, -0.25) is 4.90 Å². The van der Waals surface area contributed by atoms with Gasteiger partial charge in [0.25, 0.3) is 0 Å². The Bertz CT molecular complexity index is 249. The Hall–Kier alpha value is 0.270. The van der Waals surface area contributed by atoms with E-state index in [1.54, 1.807) is 0 Å². The molecule has 0 bridgehead atoms. The Morgan fingerprint density at radius 3 is 2.83 bits per heavy atom. The second kappa shape index (κ2) is 6.62. The zero-order valence-electron chi connectivity index (χ0n) is 12.2. The Morgan fingerprint density at radius 1 is 1.28 bits per heavy atom. The third-order valence-electron chi connectivity index (χ3n) is 5.08. The minimum absolute atomic E-state index is 0.331. The van der Waals surface area contributed by atoms with Crippen molar-refractivity contribution < 1.29 is 0 Å². The largest absolute Gasteiger partial charge is 0.329 e. The number of thioether (sulfide) groups is 1. The summed E-state index contributed by atoms with van der Waals surface area (Å²) in [7, 11) is 0. The molecule has 0 aromatic rings. The molecule has 1 saturated carbocycles. The Kier molecular flexibility index (Phi) is 5.40. The first-order valence-corrected chi connectivity index (χ1v) is 8.86. The molecule has 1 aliphatic carbocycles. The smallest absolute Gasteiger partial charge is 0.0334 e. The highest BCUT2D eigenvalue weighted by molar-refractivity contribution is 7.99. The first-order valence-electron chi connectivity index (χ1n) is 7.71. The summed E-state index contributed by atoms with van der Waals surface area (Å²) in [6, 6.07) is 0. The lowest BCUT2D eigenvalue weighted by atomic mass is 9.71. The molecule has 0 amide bonds. The van der Waals surface area contributed by atoms with E-state index < -0.39 is 0 Å². The zero-order chi connectivity index (χ0) is 13.0. The lowest BCUT2D eigenvalue weighted by Gasteiger charge is -2.49. The summed E-state index contributed by atoms with van der Waals surface area (Å²) in [4.78, 5) is 2.75. The maximum atomic E-state index is 6.23. The predicted octanol–water partition coefficient (Wildman–Crippen LogP) is 2.97. The van der Waals surface area contributed by atoms with Crippen LogP contribution in [0.4, 0.5) is 0 Å². The summed E-state index contributed by atoms with van der Waals surface area (Å²) >= 11 is 2.12. The molecular weight excluding hydrogens is 240 g/mol. The van der Waals surface area contributed by atoms with Crippen LogP contribution in [0, 0.1) is 11.8 Å². The molecule has 106 valence electrons. The molecule has 1 saturated heterocycles. The molecule has 2 aliphatic rings. The van der Waals surface area contributed by atoms with Gasteiger partial charge in [0, 0.05) is 24.4 Å². The second-order valence-electron chi connectivity index (χ2n) is 6.48. The molecule has 2 N–H and O–H groups in total.